The van der Waals surface area contributed by atoms with Gasteiger partial charge in [0.05, 0.1) is 18.2 Å². The van der Waals surface area contributed by atoms with Gasteiger partial charge in [-0.3, -0.25) is 4.84 Å². The van der Waals surface area contributed by atoms with Gasteiger partial charge in [0.15, 0.2) is 5.67 Å². The van der Waals surface area contributed by atoms with Gasteiger partial charge in [0, 0.05) is 35.9 Å². The third-order valence-electron chi connectivity index (χ3n) is 10.7. The highest BCUT2D eigenvalue weighted by molar-refractivity contribution is 5.41. The van der Waals surface area contributed by atoms with Crippen LogP contribution in [0.2, 0.25) is 0 Å². The summed E-state index contributed by atoms with van der Waals surface area (Å²) >= 11 is 0. The standard InChI is InChI=1S/C32H52F2N2O3/c1-10-13-14-23-24(33)19-30(35)25-15-16-31(22(4)21-37,39-36(12-3)18-17-27(5,6)7)29(25,9)20-26(38)32(30,34)28(23,8)11-2/h10,13,24-26,37-38H,1,4,11-12,15-21,35H2,2-3,5-9H3/t14?,24-,25?,26?,28?,29?,30?,31-,32-/m0/s1. The van der Waals surface area contributed by atoms with Crippen LogP contribution in [0.15, 0.2) is 42.2 Å². The zero-order valence-electron chi connectivity index (χ0n) is 25.2. The second kappa shape index (κ2) is 10.8. The molecule has 8 atom stereocenters. The molecule has 5 nitrogen and oxygen atoms in total. The lowest BCUT2D eigenvalue weighted by Crippen LogP contribution is -2.81. The lowest BCUT2D eigenvalue weighted by molar-refractivity contribution is -0.296. The maximum absolute atomic E-state index is 17.9. The maximum Gasteiger partial charge on any atom is 0.164 e. The van der Waals surface area contributed by atoms with Crippen LogP contribution < -0.4 is 5.73 Å². The molecule has 5 unspecified atom stereocenters. The third-order valence-corrected chi connectivity index (χ3v) is 10.7. The number of alkyl halides is 2. The van der Waals surface area contributed by atoms with Gasteiger partial charge in [-0.25, -0.2) is 8.78 Å². The first-order valence-corrected chi connectivity index (χ1v) is 14.6. The van der Waals surface area contributed by atoms with Crippen molar-refractivity contribution in [2.75, 3.05) is 19.7 Å². The molecule has 0 amide bonds. The number of aliphatic hydroxyl groups is 2. The highest BCUT2D eigenvalue weighted by Gasteiger charge is 2.80. The van der Waals surface area contributed by atoms with Crippen molar-refractivity contribution in [3.05, 3.63) is 42.2 Å². The molecule has 0 aromatic heterocycles. The highest BCUT2D eigenvalue weighted by Crippen LogP contribution is 2.72. The first-order valence-electron chi connectivity index (χ1n) is 14.6. The Bertz CT molecular complexity index is 1020. The predicted molar refractivity (Wildman–Crippen MR) is 153 cm³/mol. The zero-order chi connectivity index (χ0) is 29.7. The molecule has 0 bridgehead atoms. The van der Waals surface area contributed by atoms with E-state index in [4.69, 9.17) is 10.6 Å². The van der Waals surface area contributed by atoms with Gasteiger partial charge in [-0.15, -0.1) is 5.73 Å². The minimum absolute atomic E-state index is 0.0496. The Balaban J connectivity index is 2.17. The van der Waals surface area contributed by atoms with Crippen molar-refractivity contribution in [2.45, 2.75) is 116 Å². The molecule has 0 heterocycles. The molecule has 0 aromatic carbocycles. The largest absolute Gasteiger partial charge is 0.392 e. The van der Waals surface area contributed by atoms with Gasteiger partial charge < -0.3 is 15.9 Å². The number of fused-ring (bicyclic) bond motifs is 3. The summed E-state index contributed by atoms with van der Waals surface area (Å²) in [5.74, 6) is -0.517. The Kier molecular flexibility index (Phi) is 8.92. The summed E-state index contributed by atoms with van der Waals surface area (Å²) in [5.41, 5.74) is 3.51. The van der Waals surface area contributed by atoms with Gasteiger partial charge in [-0.05, 0) is 55.1 Å². The molecule has 3 fully saturated rings. The molecule has 7 heteroatoms. The van der Waals surface area contributed by atoms with Gasteiger partial charge >= 0.3 is 0 Å². The molecule has 0 radical (unpaired) electrons. The topological polar surface area (TPSA) is 79.0 Å². The summed E-state index contributed by atoms with van der Waals surface area (Å²) in [6, 6.07) is 0. The van der Waals surface area contributed by atoms with E-state index in [-0.39, 0.29) is 36.9 Å². The minimum atomic E-state index is -2.30. The number of allylic oxidation sites excluding steroid dienone is 2. The summed E-state index contributed by atoms with van der Waals surface area (Å²) in [6.45, 7) is 22.8. The Hall–Kier alpha value is -1.34. The summed E-state index contributed by atoms with van der Waals surface area (Å²) in [6.07, 6.45) is 1.80. The molecule has 3 aliphatic carbocycles. The summed E-state index contributed by atoms with van der Waals surface area (Å²) in [7, 11) is 0. The molecule has 39 heavy (non-hydrogen) atoms. The first-order chi connectivity index (χ1) is 18.0. The minimum Gasteiger partial charge on any atom is -0.392 e. The number of aliphatic hydroxyl groups excluding tert-OH is 2. The van der Waals surface area contributed by atoms with Crippen molar-refractivity contribution < 1.29 is 23.8 Å². The van der Waals surface area contributed by atoms with Crippen molar-refractivity contribution in [3.8, 4) is 0 Å². The van der Waals surface area contributed by atoms with Gasteiger partial charge in [-0.1, -0.05) is 67.7 Å². The Labute approximate surface area is 234 Å². The summed E-state index contributed by atoms with van der Waals surface area (Å²) < 4.78 is 33.9. The smallest absolute Gasteiger partial charge is 0.164 e. The van der Waals surface area contributed by atoms with E-state index in [1.165, 1.54) is 12.2 Å². The van der Waals surface area contributed by atoms with Crippen molar-refractivity contribution in [1.82, 2.24) is 5.06 Å². The molecule has 0 aromatic rings. The van der Waals surface area contributed by atoms with Crippen LogP contribution in [-0.2, 0) is 4.84 Å². The monoisotopic (exact) mass is 550 g/mol. The van der Waals surface area contributed by atoms with Crippen LogP contribution in [0, 0.1) is 22.2 Å². The SMILES string of the molecule is C=CC=C=C1[C@@H](F)CC2(N)C3CC[C@](ON(CC)CCC(C)(C)C)(C(=C)CO)C3(C)CC(O)[C@]2(F)C1(C)CC. The second-order valence-electron chi connectivity index (χ2n) is 13.8. The van der Waals surface area contributed by atoms with E-state index in [9.17, 15) is 10.2 Å². The van der Waals surface area contributed by atoms with Crippen molar-refractivity contribution in [3.63, 3.8) is 0 Å². The molecule has 3 rings (SSSR count). The van der Waals surface area contributed by atoms with Gasteiger partial charge in [-0.2, -0.15) is 5.06 Å². The number of rotatable bonds is 9. The average Bonchev–Trinajstić information content (AvgIpc) is 3.16. The highest BCUT2D eigenvalue weighted by atomic mass is 19.1. The molecule has 3 aliphatic rings. The number of hydroxylamine groups is 2. The van der Waals surface area contributed by atoms with Crippen molar-refractivity contribution in [1.29, 1.82) is 0 Å². The Morgan fingerprint density at radius 1 is 1.28 bits per heavy atom. The molecule has 222 valence electrons. The van der Waals surface area contributed by atoms with E-state index >= 15 is 8.78 Å². The van der Waals surface area contributed by atoms with E-state index in [1.54, 1.807) is 13.8 Å². The molecule has 3 saturated carbocycles. The number of nitrogens with two attached hydrogens (primary N) is 1. The quantitative estimate of drug-likeness (QED) is 0.143. The molecular formula is C32H52F2N2O3. The third kappa shape index (κ3) is 4.62. The molecule has 0 saturated heterocycles. The van der Waals surface area contributed by atoms with E-state index in [2.05, 4.69) is 39.7 Å². The number of nitrogens with zero attached hydrogens (tertiary/aromatic N) is 1. The normalized spacial score (nSPS) is 42.1. The van der Waals surface area contributed by atoms with Crippen molar-refractivity contribution in [2.24, 2.45) is 27.9 Å². The number of hydrogen-bond acceptors (Lipinski definition) is 5. The van der Waals surface area contributed by atoms with E-state index < -0.39 is 45.8 Å². The maximum atomic E-state index is 17.9. The second-order valence-corrected chi connectivity index (χ2v) is 13.8. The van der Waals surface area contributed by atoms with Gasteiger partial charge in [0.2, 0.25) is 0 Å². The van der Waals surface area contributed by atoms with Crippen LogP contribution in [0.3, 0.4) is 0 Å². The molecule has 0 aliphatic heterocycles. The fraction of sp³-hybridized carbons (Fsp3) is 0.781. The van der Waals surface area contributed by atoms with Crippen LogP contribution in [0.4, 0.5) is 8.78 Å². The lowest BCUT2D eigenvalue weighted by Gasteiger charge is -2.68. The van der Waals surface area contributed by atoms with Crippen molar-refractivity contribution >= 4 is 0 Å². The van der Waals surface area contributed by atoms with E-state index in [1.807, 2.05) is 18.9 Å². The average molecular weight is 551 g/mol. The Morgan fingerprint density at radius 3 is 2.44 bits per heavy atom. The number of halogens is 2. The molecular weight excluding hydrogens is 498 g/mol. The predicted octanol–water partition coefficient (Wildman–Crippen LogP) is 5.98. The van der Waals surface area contributed by atoms with Gasteiger partial charge in [0.1, 0.15) is 11.8 Å². The summed E-state index contributed by atoms with van der Waals surface area (Å²) in [4.78, 5) is 6.81. The van der Waals surface area contributed by atoms with Gasteiger partial charge in [0.25, 0.3) is 0 Å². The fourth-order valence-electron chi connectivity index (χ4n) is 8.30. The first kappa shape index (κ1) is 32.2. The summed E-state index contributed by atoms with van der Waals surface area (Å²) in [5, 5.41) is 24.1. The lowest BCUT2D eigenvalue weighted by atomic mass is 9.41. The molecule has 0 spiro atoms. The fourth-order valence-corrected chi connectivity index (χ4v) is 8.30. The van der Waals surface area contributed by atoms with Crippen LogP contribution in [0.5, 0.6) is 0 Å². The van der Waals surface area contributed by atoms with E-state index in [0.717, 1.165) is 6.42 Å². The molecule has 4 N–H and O–H groups in total. The van der Waals surface area contributed by atoms with Crippen LogP contribution in [-0.4, -0.2) is 64.1 Å². The number of hydrogen-bond donors (Lipinski definition) is 3. The zero-order valence-corrected chi connectivity index (χ0v) is 25.2. The van der Waals surface area contributed by atoms with Crippen LogP contribution in [0.1, 0.15) is 87.0 Å². The van der Waals surface area contributed by atoms with E-state index in [0.29, 0.717) is 31.5 Å². The van der Waals surface area contributed by atoms with Crippen LogP contribution in [0.25, 0.3) is 0 Å². The Morgan fingerprint density at radius 2 is 1.92 bits per heavy atom. The van der Waals surface area contributed by atoms with Crippen LogP contribution >= 0.6 is 0 Å².